The van der Waals surface area contributed by atoms with Gasteiger partial charge in [0.2, 0.25) is 0 Å². The second kappa shape index (κ2) is 10.5. The molecule has 2 atom stereocenters. The summed E-state index contributed by atoms with van der Waals surface area (Å²) in [6.45, 7) is 1.64. The summed E-state index contributed by atoms with van der Waals surface area (Å²) in [6.07, 6.45) is 4.77. The van der Waals surface area contributed by atoms with Crippen LogP contribution in [0.25, 0.3) is 10.9 Å². The molecule has 1 aromatic heterocycles. The van der Waals surface area contributed by atoms with Gasteiger partial charge in [-0.1, -0.05) is 102 Å². The number of pyridine rings is 1. The van der Waals surface area contributed by atoms with Crippen molar-refractivity contribution in [2.45, 2.75) is 42.3 Å². The average molecular weight is 490 g/mol. The molecule has 2 heterocycles. The van der Waals surface area contributed by atoms with Crippen LogP contribution in [0.4, 0.5) is 0 Å². The lowest BCUT2D eigenvalue weighted by Gasteiger charge is -2.46. The van der Waals surface area contributed by atoms with E-state index in [9.17, 15) is 0 Å². The topological polar surface area (TPSA) is 28.2 Å². The zero-order valence-corrected chi connectivity index (χ0v) is 20.6. The van der Waals surface area contributed by atoms with E-state index in [-0.39, 0.29) is 6.04 Å². The summed E-state index contributed by atoms with van der Waals surface area (Å²) in [7, 11) is 0. The molecule has 1 N–H and O–H groups in total. The number of halogens is 2. The smallest absolute Gasteiger partial charge is 0.197 e. The van der Waals surface area contributed by atoms with E-state index in [1.54, 1.807) is 0 Å². The van der Waals surface area contributed by atoms with E-state index in [1.165, 1.54) is 16.5 Å². The molecule has 0 radical (unpaired) electrons. The second-order valence-corrected chi connectivity index (χ2v) is 10.3. The van der Waals surface area contributed by atoms with Gasteiger partial charge in [0, 0.05) is 42.3 Å². The van der Waals surface area contributed by atoms with Crippen molar-refractivity contribution in [3.63, 3.8) is 0 Å². The van der Waals surface area contributed by atoms with Crippen LogP contribution in [0, 0.1) is 0 Å². The summed E-state index contributed by atoms with van der Waals surface area (Å²) in [5.41, 5.74) is 4.54. The molecular weight excluding hydrogens is 461 g/mol. The molecule has 34 heavy (non-hydrogen) atoms. The molecule has 5 rings (SSSR count). The van der Waals surface area contributed by atoms with Crippen molar-refractivity contribution >= 4 is 34.1 Å². The molecule has 4 aromatic rings. The van der Waals surface area contributed by atoms with Gasteiger partial charge in [-0.25, -0.2) is 0 Å². The fourth-order valence-corrected chi connectivity index (χ4v) is 5.75. The van der Waals surface area contributed by atoms with E-state index < -0.39 is 4.46 Å². The van der Waals surface area contributed by atoms with Gasteiger partial charge in [-0.05, 0) is 42.5 Å². The van der Waals surface area contributed by atoms with Gasteiger partial charge in [0.05, 0.1) is 5.52 Å². The number of likely N-dealkylation sites (tertiary alicyclic amines) is 1. The molecular formula is C29H29Cl2N3. The lowest BCUT2D eigenvalue weighted by Crippen LogP contribution is -2.54. The number of hydrogen-bond donors (Lipinski definition) is 1. The molecule has 0 aliphatic carbocycles. The van der Waals surface area contributed by atoms with Crippen molar-refractivity contribution in [2.75, 3.05) is 6.54 Å². The Morgan fingerprint density at radius 1 is 0.882 bits per heavy atom. The van der Waals surface area contributed by atoms with Gasteiger partial charge in [0.1, 0.15) is 0 Å². The molecule has 0 amide bonds. The van der Waals surface area contributed by atoms with Crippen LogP contribution in [0.1, 0.15) is 29.5 Å². The van der Waals surface area contributed by atoms with Crippen molar-refractivity contribution in [3.05, 3.63) is 114 Å². The highest BCUT2D eigenvalue weighted by atomic mass is 35.5. The van der Waals surface area contributed by atoms with Crippen LogP contribution >= 0.6 is 23.2 Å². The van der Waals surface area contributed by atoms with Gasteiger partial charge in [-0.3, -0.25) is 9.88 Å². The molecule has 0 unspecified atom stereocenters. The Labute approximate surface area is 211 Å². The number of piperidine rings is 1. The third-order valence-electron chi connectivity index (χ3n) is 6.83. The first-order chi connectivity index (χ1) is 16.6. The Morgan fingerprint density at radius 3 is 2.38 bits per heavy atom. The van der Waals surface area contributed by atoms with Crippen LogP contribution in [-0.2, 0) is 17.4 Å². The van der Waals surface area contributed by atoms with Crippen LogP contribution in [0.5, 0.6) is 0 Å². The largest absolute Gasteiger partial charge is 0.310 e. The molecule has 1 aliphatic rings. The highest BCUT2D eigenvalue weighted by Crippen LogP contribution is 2.42. The normalized spacial score (nSPS) is 19.4. The molecule has 0 saturated carbocycles. The van der Waals surface area contributed by atoms with E-state index in [0.29, 0.717) is 6.04 Å². The molecule has 0 bridgehead atoms. The van der Waals surface area contributed by atoms with Crippen LogP contribution in [-0.4, -0.2) is 28.5 Å². The summed E-state index contributed by atoms with van der Waals surface area (Å²) in [4.78, 5) is 6.77. The van der Waals surface area contributed by atoms with Crippen LogP contribution in [0.15, 0.2) is 97.2 Å². The SMILES string of the molecule is ClC(Cl)(c1ccccc1)N1CC[C@H](NCc2ccnc3ccccc23)C[C@H]1Cc1ccccc1. The second-order valence-electron chi connectivity index (χ2n) is 9.03. The van der Waals surface area contributed by atoms with E-state index >= 15 is 0 Å². The summed E-state index contributed by atoms with van der Waals surface area (Å²) >= 11 is 14.1. The fraction of sp³-hybridized carbons (Fsp3) is 0.276. The van der Waals surface area contributed by atoms with Crippen molar-refractivity contribution in [1.29, 1.82) is 0 Å². The van der Waals surface area contributed by atoms with Gasteiger partial charge < -0.3 is 5.32 Å². The molecule has 174 valence electrons. The van der Waals surface area contributed by atoms with E-state index in [1.807, 2.05) is 42.6 Å². The Bertz CT molecular complexity index is 1210. The highest BCUT2D eigenvalue weighted by Gasteiger charge is 2.42. The van der Waals surface area contributed by atoms with Crippen molar-refractivity contribution in [3.8, 4) is 0 Å². The lowest BCUT2D eigenvalue weighted by molar-refractivity contribution is 0.0911. The summed E-state index contributed by atoms with van der Waals surface area (Å²) in [5.74, 6) is 0. The molecule has 1 aliphatic heterocycles. The number of fused-ring (bicyclic) bond motifs is 1. The third kappa shape index (κ3) is 5.13. The van der Waals surface area contributed by atoms with E-state index in [0.717, 1.165) is 43.4 Å². The molecule has 3 nitrogen and oxygen atoms in total. The number of hydrogen-bond acceptors (Lipinski definition) is 3. The maximum absolute atomic E-state index is 7.05. The predicted octanol–water partition coefficient (Wildman–Crippen LogP) is 6.69. The summed E-state index contributed by atoms with van der Waals surface area (Å²) in [5, 5.41) is 5.03. The first-order valence-corrected chi connectivity index (χ1v) is 12.7. The number of para-hydroxylation sites is 1. The number of nitrogens with one attached hydrogen (secondary N) is 1. The molecule has 5 heteroatoms. The summed E-state index contributed by atoms with van der Waals surface area (Å²) in [6, 6.07) is 31.7. The van der Waals surface area contributed by atoms with Gasteiger partial charge >= 0.3 is 0 Å². The van der Waals surface area contributed by atoms with Crippen LogP contribution in [0.3, 0.4) is 0 Å². The van der Waals surface area contributed by atoms with E-state index in [4.69, 9.17) is 23.2 Å². The Hall–Kier alpha value is -2.43. The Balaban J connectivity index is 1.35. The van der Waals surface area contributed by atoms with Gasteiger partial charge in [0.15, 0.2) is 4.46 Å². The number of aromatic nitrogens is 1. The molecule has 0 spiro atoms. The molecule has 1 fully saturated rings. The third-order valence-corrected chi connectivity index (χ3v) is 7.70. The minimum atomic E-state index is -1.06. The zero-order valence-electron chi connectivity index (χ0n) is 19.1. The van der Waals surface area contributed by atoms with Gasteiger partial charge in [-0.2, -0.15) is 0 Å². The predicted molar refractivity (Wildman–Crippen MR) is 142 cm³/mol. The minimum absolute atomic E-state index is 0.220. The number of alkyl halides is 2. The van der Waals surface area contributed by atoms with Crippen molar-refractivity contribution in [1.82, 2.24) is 15.2 Å². The Morgan fingerprint density at radius 2 is 1.59 bits per heavy atom. The maximum atomic E-state index is 7.05. The van der Waals surface area contributed by atoms with Gasteiger partial charge in [0.25, 0.3) is 0 Å². The highest BCUT2D eigenvalue weighted by molar-refractivity contribution is 6.47. The molecule has 3 aromatic carbocycles. The maximum Gasteiger partial charge on any atom is 0.197 e. The number of benzene rings is 3. The monoisotopic (exact) mass is 489 g/mol. The fourth-order valence-electron chi connectivity index (χ4n) is 5.05. The van der Waals surface area contributed by atoms with Crippen molar-refractivity contribution in [2.24, 2.45) is 0 Å². The van der Waals surface area contributed by atoms with Crippen LogP contribution in [0.2, 0.25) is 0 Å². The van der Waals surface area contributed by atoms with Gasteiger partial charge in [-0.15, -0.1) is 0 Å². The first-order valence-electron chi connectivity index (χ1n) is 11.9. The quantitative estimate of drug-likeness (QED) is 0.231. The minimum Gasteiger partial charge on any atom is -0.310 e. The zero-order chi connectivity index (χ0) is 23.4. The lowest BCUT2D eigenvalue weighted by atomic mass is 9.91. The van der Waals surface area contributed by atoms with Crippen molar-refractivity contribution < 1.29 is 0 Å². The number of nitrogens with zero attached hydrogens (tertiary/aromatic N) is 2. The Kier molecular flexibility index (Phi) is 7.17. The standard InChI is InChI=1S/C29H29Cl2N3/c30-29(31,24-11-5-2-6-12-24)34-18-16-25(20-26(34)19-22-9-3-1-4-10-22)33-21-23-15-17-32-28-14-8-7-13-27(23)28/h1-15,17,25-26,33H,16,18-21H2/t25-,26+/m0/s1. The van der Waals surface area contributed by atoms with E-state index in [2.05, 4.69) is 69.8 Å². The first kappa shape index (κ1) is 23.3. The summed E-state index contributed by atoms with van der Waals surface area (Å²) < 4.78 is -1.06. The average Bonchev–Trinajstić information content (AvgIpc) is 2.88. The van der Waals surface area contributed by atoms with Crippen LogP contribution < -0.4 is 5.32 Å². The molecule has 1 saturated heterocycles. The number of rotatable bonds is 7.